The normalized spacial score (nSPS) is 10.9. The third-order valence-corrected chi connectivity index (χ3v) is 2.65. The summed E-state index contributed by atoms with van der Waals surface area (Å²) in [7, 11) is 1.73. The molecule has 0 amide bonds. The predicted octanol–water partition coefficient (Wildman–Crippen LogP) is 2.99. The smallest absolute Gasteiger partial charge is 0.119 e. The van der Waals surface area contributed by atoms with Crippen molar-refractivity contribution in [1.82, 2.24) is 5.32 Å². The van der Waals surface area contributed by atoms with Crippen molar-refractivity contribution in [2.75, 3.05) is 20.3 Å². The Morgan fingerprint density at radius 2 is 1.72 bits per heavy atom. The summed E-state index contributed by atoms with van der Waals surface area (Å²) in [5.41, 5.74) is 1.29. The zero-order chi connectivity index (χ0) is 13.2. The average Bonchev–Trinajstić information content (AvgIpc) is 2.37. The fourth-order valence-electron chi connectivity index (χ4n) is 1.56. The Hall–Kier alpha value is -1.06. The molecule has 0 aliphatic carbocycles. The Labute approximate surface area is 110 Å². The number of rotatable bonds is 9. The van der Waals surface area contributed by atoms with Crippen LogP contribution < -0.4 is 10.1 Å². The molecule has 0 saturated heterocycles. The van der Waals surface area contributed by atoms with E-state index < -0.39 is 0 Å². The van der Waals surface area contributed by atoms with Crippen LogP contribution in [0.3, 0.4) is 0 Å². The molecular weight excluding hydrogens is 226 g/mol. The minimum Gasteiger partial charge on any atom is -0.494 e. The van der Waals surface area contributed by atoms with Crippen LogP contribution in [0.15, 0.2) is 24.3 Å². The van der Waals surface area contributed by atoms with E-state index in [0.717, 1.165) is 38.3 Å². The Morgan fingerprint density at radius 3 is 2.33 bits per heavy atom. The molecule has 0 atom stereocenters. The van der Waals surface area contributed by atoms with E-state index in [1.165, 1.54) is 5.56 Å². The van der Waals surface area contributed by atoms with Crippen LogP contribution in [-0.4, -0.2) is 26.4 Å². The summed E-state index contributed by atoms with van der Waals surface area (Å²) in [5, 5.41) is 3.39. The van der Waals surface area contributed by atoms with Gasteiger partial charge in [0, 0.05) is 26.3 Å². The number of hydrogen-bond acceptors (Lipinski definition) is 3. The second kappa shape index (κ2) is 8.95. The summed E-state index contributed by atoms with van der Waals surface area (Å²) in [5.74, 6) is 0.945. The molecule has 3 heteroatoms. The van der Waals surface area contributed by atoms with E-state index in [2.05, 4.69) is 31.3 Å². The van der Waals surface area contributed by atoms with E-state index in [4.69, 9.17) is 9.47 Å². The lowest BCUT2D eigenvalue weighted by molar-refractivity contribution is 0.184. The highest BCUT2D eigenvalue weighted by atomic mass is 16.5. The van der Waals surface area contributed by atoms with E-state index >= 15 is 0 Å². The third kappa shape index (κ3) is 6.62. The van der Waals surface area contributed by atoms with Crippen LogP contribution in [0.5, 0.6) is 5.75 Å². The molecule has 18 heavy (non-hydrogen) atoms. The zero-order valence-corrected chi connectivity index (χ0v) is 11.7. The zero-order valence-electron chi connectivity index (χ0n) is 11.7. The van der Waals surface area contributed by atoms with Crippen molar-refractivity contribution in [3.8, 4) is 5.75 Å². The SMILES string of the molecule is COCCCCOc1ccc(CNC(C)C)cc1. The number of unbranched alkanes of at least 4 members (excludes halogenated alkanes) is 1. The number of ether oxygens (including phenoxy) is 2. The summed E-state index contributed by atoms with van der Waals surface area (Å²) in [6.07, 6.45) is 2.08. The van der Waals surface area contributed by atoms with Gasteiger partial charge in [0.15, 0.2) is 0 Å². The molecule has 0 radical (unpaired) electrons. The minimum atomic E-state index is 0.515. The number of methoxy groups -OCH3 is 1. The summed E-state index contributed by atoms with van der Waals surface area (Å²) in [6.45, 7) is 6.77. The summed E-state index contributed by atoms with van der Waals surface area (Å²) >= 11 is 0. The summed E-state index contributed by atoms with van der Waals surface area (Å²) in [4.78, 5) is 0. The van der Waals surface area contributed by atoms with Crippen molar-refractivity contribution in [1.29, 1.82) is 0 Å². The van der Waals surface area contributed by atoms with Gasteiger partial charge in [-0.05, 0) is 30.5 Å². The van der Waals surface area contributed by atoms with Crippen molar-refractivity contribution in [2.24, 2.45) is 0 Å². The molecule has 1 rings (SSSR count). The Kier molecular flexibility index (Phi) is 7.46. The van der Waals surface area contributed by atoms with Crippen molar-refractivity contribution >= 4 is 0 Å². The van der Waals surface area contributed by atoms with Gasteiger partial charge in [-0.25, -0.2) is 0 Å². The molecule has 0 heterocycles. The molecule has 0 bridgehead atoms. The molecule has 0 aromatic heterocycles. The maximum atomic E-state index is 5.66. The van der Waals surface area contributed by atoms with E-state index in [-0.39, 0.29) is 0 Å². The van der Waals surface area contributed by atoms with Crippen LogP contribution in [0.1, 0.15) is 32.3 Å². The van der Waals surface area contributed by atoms with Crippen LogP contribution >= 0.6 is 0 Å². The van der Waals surface area contributed by atoms with Gasteiger partial charge in [-0.15, -0.1) is 0 Å². The lowest BCUT2D eigenvalue weighted by Crippen LogP contribution is -2.21. The highest BCUT2D eigenvalue weighted by Crippen LogP contribution is 2.12. The molecule has 0 aliphatic heterocycles. The number of benzene rings is 1. The lowest BCUT2D eigenvalue weighted by atomic mass is 10.2. The number of hydrogen-bond donors (Lipinski definition) is 1. The molecule has 0 aliphatic rings. The first-order valence-electron chi connectivity index (χ1n) is 6.66. The van der Waals surface area contributed by atoms with Crippen molar-refractivity contribution in [3.05, 3.63) is 29.8 Å². The van der Waals surface area contributed by atoms with Crippen LogP contribution in [0, 0.1) is 0 Å². The molecule has 0 fully saturated rings. The lowest BCUT2D eigenvalue weighted by Gasteiger charge is -2.09. The molecule has 3 nitrogen and oxygen atoms in total. The highest BCUT2D eigenvalue weighted by Gasteiger charge is 1.97. The second-order valence-electron chi connectivity index (χ2n) is 4.73. The molecule has 0 spiro atoms. The topological polar surface area (TPSA) is 30.5 Å². The fourth-order valence-corrected chi connectivity index (χ4v) is 1.56. The van der Waals surface area contributed by atoms with Gasteiger partial charge in [-0.2, -0.15) is 0 Å². The first-order valence-corrected chi connectivity index (χ1v) is 6.66. The molecule has 0 saturated carbocycles. The maximum Gasteiger partial charge on any atom is 0.119 e. The van der Waals surface area contributed by atoms with Crippen LogP contribution in [0.2, 0.25) is 0 Å². The molecular formula is C15H25NO2. The Bertz CT molecular complexity index is 309. The van der Waals surface area contributed by atoms with Gasteiger partial charge in [0.25, 0.3) is 0 Å². The molecule has 1 N–H and O–H groups in total. The van der Waals surface area contributed by atoms with E-state index in [1.54, 1.807) is 7.11 Å². The highest BCUT2D eigenvalue weighted by molar-refractivity contribution is 5.27. The fraction of sp³-hybridized carbons (Fsp3) is 0.600. The largest absolute Gasteiger partial charge is 0.494 e. The average molecular weight is 251 g/mol. The second-order valence-corrected chi connectivity index (χ2v) is 4.73. The monoisotopic (exact) mass is 251 g/mol. The first kappa shape index (κ1) is 15.0. The quantitative estimate of drug-likeness (QED) is 0.684. The van der Waals surface area contributed by atoms with Crippen molar-refractivity contribution < 1.29 is 9.47 Å². The van der Waals surface area contributed by atoms with Crippen molar-refractivity contribution in [3.63, 3.8) is 0 Å². The summed E-state index contributed by atoms with van der Waals surface area (Å²) < 4.78 is 10.7. The van der Waals surface area contributed by atoms with Gasteiger partial charge in [-0.1, -0.05) is 26.0 Å². The molecule has 102 valence electrons. The van der Waals surface area contributed by atoms with E-state index in [0.29, 0.717) is 6.04 Å². The van der Waals surface area contributed by atoms with Gasteiger partial charge < -0.3 is 14.8 Å². The van der Waals surface area contributed by atoms with E-state index in [1.807, 2.05) is 12.1 Å². The standard InChI is InChI=1S/C15H25NO2/c1-13(2)16-12-14-6-8-15(9-7-14)18-11-5-4-10-17-3/h6-9,13,16H,4-5,10-12H2,1-3H3. The predicted molar refractivity (Wildman–Crippen MR) is 75.0 cm³/mol. The molecule has 1 aromatic rings. The summed E-state index contributed by atoms with van der Waals surface area (Å²) in [6, 6.07) is 8.81. The van der Waals surface area contributed by atoms with Crippen molar-refractivity contribution in [2.45, 2.75) is 39.3 Å². The van der Waals surface area contributed by atoms with Crippen LogP contribution in [-0.2, 0) is 11.3 Å². The first-order chi connectivity index (χ1) is 8.72. The number of nitrogens with one attached hydrogen (secondary N) is 1. The Balaban J connectivity index is 2.23. The van der Waals surface area contributed by atoms with Gasteiger partial charge in [-0.3, -0.25) is 0 Å². The molecule has 0 unspecified atom stereocenters. The van der Waals surface area contributed by atoms with Crippen LogP contribution in [0.4, 0.5) is 0 Å². The van der Waals surface area contributed by atoms with Gasteiger partial charge in [0.2, 0.25) is 0 Å². The van der Waals surface area contributed by atoms with E-state index in [9.17, 15) is 0 Å². The van der Waals surface area contributed by atoms with Crippen LogP contribution in [0.25, 0.3) is 0 Å². The molecule has 1 aromatic carbocycles. The Morgan fingerprint density at radius 1 is 1.06 bits per heavy atom. The van der Waals surface area contributed by atoms with Gasteiger partial charge >= 0.3 is 0 Å². The maximum absolute atomic E-state index is 5.66. The van der Waals surface area contributed by atoms with Gasteiger partial charge in [0.1, 0.15) is 5.75 Å². The minimum absolute atomic E-state index is 0.515. The third-order valence-electron chi connectivity index (χ3n) is 2.65. The van der Waals surface area contributed by atoms with Gasteiger partial charge in [0.05, 0.1) is 6.61 Å².